The molecule has 2 aromatic rings. The Kier molecular flexibility index (Phi) is 7.81. The van der Waals surface area contributed by atoms with Crippen molar-refractivity contribution >= 4 is 11.6 Å². The Morgan fingerprint density at radius 1 is 1.04 bits per heavy atom. The van der Waals surface area contributed by atoms with Gasteiger partial charge in [0.25, 0.3) is 0 Å². The van der Waals surface area contributed by atoms with Gasteiger partial charge in [0.15, 0.2) is 11.5 Å². The fourth-order valence-electron chi connectivity index (χ4n) is 3.40. The quantitative estimate of drug-likeness (QED) is 0.667. The monoisotopic (exact) mass is 388 g/mol. The molecule has 1 heterocycles. The number of hydrogen-bond acceptors (Lipinski definition) is 4. The SMILES string of the molecule is CCOc1cccc(CNCC2CCNCC2)c1OCc1ccccc1Cl. The van der Waals surface area contributed by atoms with Gasteiger partial charge in [0.1, 0.15) is 6.61 Å². The number of rotatable bonds is 9. The average Bonchev–Trinajstić information content (AvgIpc) is 2.70. The maximum atomic E-state index is 6.27. The van der Waals surface area contributed by atoms with E-state index in [2.05, 4.69) is 16.7 Å². The Morgan fingerprint density at radius 3 is 2.59 bits per heavy atom. The fraction of sp³-hybridized carbons (Fsp3) is 0.455. The summed E-state index contributed by atoms with van der Waals surface area (Å²) in [6.45, 7) is 7.06. The highest BCUT2D eigenvalue weighted by atomic mass is 35.5. The second-order valence-electron chi connectivity index (χ2n) is 6.88. The summed E-state index contributed by atoms with van der Waals surface area (Å²) in [7, 11) is 0. The molecule has 2 aromatic carbocycles. The highest BCUT2D eigenvalue weighted by Crippen LogP contribution is 2.33. The van der Waals surface area contributed by atoms with Crippen molar-refractivity contribution in [1.29, 1.82) is 0 Å². The molecule has 0 aromatic heterocycles. The summed E-state index contributed by atoms with van der Waals surface area (Å²) >= 11 is 6.27. The third-order valence-electron chi connectivity index (χ3n) is 4.90. The third kappa shape index (κ3) is 5.86. The lowest BCUT2D eigenvalue weighted by Gasteiger charge is -2.23. The molecule has 1 saturated heterocycles. The zero-order valence-corrected chi connectivity index (χ0v) is 16.7. The van der Waals surface area contributed by atoms with Gasteiger partial charge in [0, 0.05) is 22.7 Å². The van der Waals surface area contributed by atoms with E-state index in [1.54, 1.807) is 0 Å². The van der Waals surface area contributed by atoms with Gasteiger partial charge in [-0.15, -0.1) is 0 Å². The van der Waals surface area contributed by atoms with Crippen molar-refractivity contribution in [2.75, 3.05) is 26.2 Å². The molecular formula is C22H29ClN2O2. The van der Waals surface area contributed by atoms with E-state index in [4.69, 9.17) is 21.1 Å². The number of benzene rings is 2. The van der Waals surface area contributed by atoms with E-state index in [0.29, 0.717) is 13.2 Å². The topological polar surface area (TPSA) is 42.5 Å². The minimum atomic E-state index is 0.422. The van der Waals surface area contributed by atoms with Gasteiger partial charge in [-0.3, -0.25) is 0 Å². The molecule has 1 aliphatic heterocycles. The van der Waals surface area contributed by atoms with E-state index < -0.39 is 0 Å². The maximum absolute atomic E-state index is 6.27. The van der Waals surface area contributed by atoms with E-state index >= 15 is 0 Å². The predicted octanol–water partition coefficient (Wildman–Crippen LogP) is 4.41. The summed E-state index contributed by atoms with van der Waals surface area (Å²) in [6.07, 6.45) is 2.48. The van der Waals surface area contributed by atoms with Crippen molar-refractivity contribution in [1.82, 2.24) is 10.6 Å². The van der Waals surface area contributed by atoms with Crippen molar-refractivity contribution in [2.45, 2.75) is 32.9 Å². The molecule has 2 N–H and O–H groups in total. The Morgan fingerprint density at radius 2 is 1.81 bits per heavy atom. The van der Waals surface area contributed by atoms with Crippen molar-refractivity contribution in [2.24, 2.45) is 5.92 Å². The van der Waals surface area contributed by atoms with Gasteiger partial charge in [-0.05, 0) is 57.5 Å². The first kappa shape index (κ1) is 20.0. The van der Waals surface area contributed by atoms with Crippen molar-refractivity contribution in [3.63, 3.8) is 0 Å². The van der Waals surface area contributed by atoms with Crippen LogP contribution in [0.15, 0.2) is 42.5 Å². The van der Waals surface area contributed by atoms with Crippen molar-refractivity contribution < 1.29 is 9.47 Å². The molecule has 1 aliphatic rings. The summed E-state index contributed by atoms with van der Waals surface area (Å²) in [4.78, 5) is 0. The van der Waals surface area contributed by atoms with Gasteiger partial charge in [-0.2, -0.15) is 0 Å². The van der Waals surface area contributed by atoms with Crippen LogP contribution in [-0.2, 0) is 13.2 Å². The molecule has 0 radical (unpaired) electrons. The lowest BCUT2D eigenvalue weighted by atomic mass is 9.98. The summed E-state index contributed by atoms with van der Waals surface area (Å²) in [5.74, 6) is 2.33. The highest BCUT2D eigenvalue weighted by Gasteiger charge is 2.15. The van der Waals surface area contributed by atoms with Crippen LogP contribution in [0.2, 0.25) is 5.02 Å². The molecule has 3 rings (SSSR count). The lowest BCUT2D eigenvalue weighted by molar-refractivity contribution is 0.265. The van der Waals surface area contributed by atoms with Gasteiger partial charge in [-0.25, -0.2) is 0 Å². The molecule has 0 atom stereocenters. The standard InChI is InChI=1S/C22H29ClN2O2/c1-2-26-21-9-5-7-18(15-25-14-17-10-12-24-13-11-17)22(21)27-16-19-6-3-4-8-20(19)23/h3-9,17,24-25H,2,10-16H2,1H3. The van der Waals surface area contributed by atoms with Crippen LogP contribution in [0.3, 0.4) is 0 Å². The highest BCUT2D eigenvalue weighted by molar-refractivity contribution is 6.31. The van der Waals surface area contributed by atoms with Crippen LogP contribution in [-0.4, -0.2) is 26.2 Å². The van der Waals surface area contributed by atoms with Crippen LogP contribution >= 0.6 is 11.6 Å². The van der Waals surface area contributed by atoms with Crippen molar-refractivity contribution in [3.05, 3.63) is 58.6 Å². The van der Waals surface area contributed by atoms with Crippen LogP contribution in [0.1, 0.15) is 30.9 Å². The molecular weight excluding hydrogens is 360 g/mol. The Labute approximate surface area is 167 Å². The minimum absolute atomic E-state index is 0.422. The van der Waals surface area contributed by atoms with Crippen LogP contribution in [0.5, 0.6) is 11.5 Å². The van der Waals surface area contributed by atoms with Gasteiger partial charge >= 0.3 is 0 Å². The van der Waals surface area contributed by atoms with Gasteiger partial charge in [-0.1, -0.05) is 41.9 Å². The molecule has 0 aliphatic carbocycles. The molecule has 146 valence electrons. The number of piperidine rings is 1. The zero-order valence-electron chi connectivity index (χ0n) is 16.0. The lowest BCUT2D eigenvalue weighted by Crippen LogP contribution is -2.33. The Bertz CT molecular complexity index is 717. The number of hydrogen-bond donors (Lipinski definition) is 2. The molecule has 0 bridgehead atoms. The van der Waals surface area contributed by atoms with E-state index in [1.807, 2.05) is 43.3 Å². The first-order chi connectivity index (χ1) is 13.3. The summed E-state index contributed by atoms with van der Waals surface area (Å²) in [5, 5.41) is 7.74. The van der Waals surface area contributed by atoms with E-state index in [9.17, 15) is 0 Å². The van der Waals surface area contributed by atoms with E-state index in [1.165, 1.54) is 12.8 Å². The van der Waals surface area contributed by atoms with Crippen LogP contribution < -0.4 is 20.1 Å². The number of nitrogens with one attached hydrogen (secondary N) is 2. The van der Waals surface area contributed by atoms with Crippen molar-refractivity contribution in [3.8, 4) is 11.5 Å². The van der Waals surface area contributed by atoms with Gasteiger partial charge < -0.3 is 20.1 Å². The molecule has 4 nitrogen and oxygen atoms in total. The first-order valence-corrected chi connectivity index (χ1v) is 10.2. The van der Waals surface area contributed by atoms with Gasteiger partial charge in [0.05, 0.1) is 6.61 Å². The molecule has 5 heteroatoms. The second kappa shape index (κ2) is 10.5. The summed E-state index contributed by atoms with van der Waals surface area (Å²) in [6, 6.07) is 13.9. The predicted molar refractivity (Wildman–Crippen MR) is 111 cm³/mol. The molecule has 27 heavy (non-hydrogen) atoms. The molecule has 0 amide bonds. The second-order valence-corrected chi connectivity index (χ2v) is 7.29. The summed E-state index contributed by atoms with van der Waals surface area (Å²) < 4.78 is 12.0. The molecule has 0 spiro atoms. The minimum Gasteiger partial charge on any atom is -0.490 e. The van der Waals surface area contributed by atoms with Crippen LogP contribution in [0.25, 0.3) is 0 Å². The molecule has 0 unspecified atom stereocenters. The first-order valence-electron chi connectivity index (χ1n) is 9.80. The van der Waals surface area contributed by atoms with E-state index in [-0.39, 0.29) is 0 Å². The zero-order chi connectivity index (χ0) is 18.9. The normalized spacial score (nSPS) is 14.9. The smallest absolute Gasteiger partial charge is 0.166 e. The number of para-hydroxylation sites is 1. The maximum Gasteiger partial charge on any atom is 0.166 e. The number of halogens is 1. The largest absolute Gasteiger partial charge is 0.490 e. The third-order valence-corrected chi connectivity index (χ3v) is 5.27. The molecule has 0 saturated carbocycles. The summed E-state index contributed by atoms with van der Waals surface area (Å²) in [5.41, 5.74) is 2.08. The molecule has 1 fully saturated rings. The average molecular weight is 389 g/mol. The Hall–Kier alpha value is -1.75. The Balaban J connectivity index is 1.66. The van der Waals surface area contributed by atoms with Gasteiger partial charge in [0.2, 0.25) is 0 Å². The number of ether oxygens (including phenoxy) is 2. The van der Waals surface area contributed by atoms with Crippen LogP contribution in [0.4, 0.5) is 0 Å². The van der Waals surface area contributed by atoms with Crippen LogP contribution in [0, 0.1) is 5.92 Å². The van der Waals surface area contributed by atoms with E-state index in [0.717, 1.165) is 59.7 Å². The fourth-order valence-corrected chi connectivity index (χ4v) is 3.59.